The molecule has 0 aliphatic heterocycles. The largest absolute Gasteiger partial charge is 0.463 e. The fraction of sp³-hybridized carbons (Fsp3) is 0.550. The lowest BCUT2D eigenvalue weighted by Crippen LogP contribution is -2.03. The molecule has 0 spiro atoms. The number of carbonyl (C=O) groups is 1. The Morgan fingerprint density at radius 1 is 1.09 bits per heavy atom. The molecular weight excluding hydrogens is 272 g/mol. The molecule has 0 atom stereocenters. The van der Waals surface area contributed by atoms with Gasteiger partial charge in [-0.3, -0.25) is 0 Å². The Labute approximate surface area is 134 Å². The van der Waals surface area contributed by atoms with Crippen LogP contribution in [-0.4, -0.2) is 12.6 Å². The Morgan fingerprint density at radius 2 is 1.68 bits per heavy atom. The summed E-state index contributed by atoms with van der Waals surface area (Å²) in [5.74, 6) is 0.452. The number of benzene rings is 1. The molecule has 1 aliphatic rings. The maximum absolute atomic E-state index is 11.5. The van der Waals surface area contributed by atoms with E-state index in [1.165, 1.54) is 50.5 Å². The average Bonchev–Trinajstić information content (AvgIpc) is 2.47. The van der Waals surface area contributed by atoms with Crippen molar-refractivity contribution in [2.24, 2.45) is 0 Å². The van der Waals surface area contributed by atoms with Crippen molar-refractivity contribution in [3.05, 3.63) is 41.5 Å². The zero-order valence-corrected chi connectivity index (χ0v) is 13.9. The summed E-state index contributed by atoms with van der Waals surface area (Å²) in [5.41, 5.74) is 3.51. The molecule has 2 heteroatoms. The van der Waals surface area contributed by atoms with Gasteiger partial charge >= 0.3 is 5.97 Å². The standard InChI is InChI=1S/C20H28O2/c1-3-22-20(21)15-16(2)17-11-13-19(14-12-17)18-9-7-5-4-6-8-10-18/h11-15,18H,3-10H2,1-2H3/b16-15-. The summed E-state index contributed by atoms with van der Waals surface area (Å²) in [4.78, 5) is 11.5. The molecule has 120 valence electrons. The number of ether oxygens (including phenoxy) is 1. The zero-order chi connectivity index (χ0) is 15.8. The molecule has 1 aromatic carbocycles. The van der Waals surface area contributed by atoms with Crippen LogP contribution >= 0.6 is 0 Å². The SMILES string of the molecule is CCOC(=O)/C=C(/C)c1ccc(C2CCCCCCC2)cc1. The molecule has 22 heavy (non-hydrogen) atoms. The lowest BCUT2D eigenvalue weighted by Gasteiger charge is -2.20. The van der Waals surface area contributed by atoms with Gasteiger partial charge in [0.2, 0.25) is 0 Å². The fourth-order valence-electron chi connectivity index (χ4n) is 3.25. The Kier molecular flexibility index (Phi) is 6.70. The van der Waals surface area contributed by atoms with Crippen molar-refractivity contribution >= 4 is 11.5 Å². The predicted molar refractivity (Wildman–Crippen MR) is 91.8 cm³/mol. The van der Waals surface area contributed by atoms with Crippen molar-refractivity contribution in [3.63, 3.8) is 0 Å². The summed E-state index contributed by atoms with van der Waals surface area (Å²) in [5, 5.41) is 0. The molecule has 0 heterocycles. The van der Waals surface area contributed by atoms with E-state index in [0.29, 0.717) is 12.5 Å². The summed E-state index contributed by atoms with van der Waals surface area (Å²) in [7, 11) is 0. The summed E-state index contributed by atoms with van der Waals surface area (Å²) >= 11 is 0. The second kappa shape index (κ2) is 8.77. The van der Waals surface area contributed by atoms with Crippen LogP contribution in [-0.2, 0) is 9.53 Å². The van der Waals surface area contributed by atoms with Gasteiger partial charge in [0.1, 0.15) is 0 Å². The normalized spacial score (nSPS) is 17.6. The first-order valence-electron chi connectivity index (χ1n) is 8.66. The molecule has 0 saturated heterocycles. The molecule has 0 unspecified atom stereocenters. The van der Waals surface area contributed by atoms with Crippen LogP contribution in [0.25, 0.3) is 5.57 Å². The number of hydrogen-bond donors (Lipinski definition) is 0. The third kappa shape index (κ3) is 5.01. The van der Waals surface area contributed by atoms with E-state index in [4.69, 9.17) is 4.74 Å². The van der Waals surface area contributed by atoms with Gasteiger partial charge < -0.3 is 4.74 Å². The monoisotopic (exact) mass is 300 g/mol. The van der Waals surface area contributed by atoms with Gasteiger partial charge in [-0.2, -0.15) is 0 Å². The fourth-order valence-corrected chi connectivity index (χ4v) is 3.25. The predicted octanol–water partition coefficient (Wildman–Crippen LogP) is 5.48. The van der Waals surface area contributed by atoms with Gasteiger partial charge in [-0.15, -0.1) is 0 Å². The van der Waals surface area contributed by atoms with Crippen LogP contribution in [0.5, 0.6) is 0 Å². The molecule has 2 rings (SSSR count). The van der Waals surface area contributed by atoms with Gasteiger partial charge in [0.25, 0.3) is 0 Å². The molecule has 0 radical (unpaired) electrons. The summed E-state index contributed by atoms with van der Waals surface area (Å²) in [6, 6.07) is 8.76. The van der Waals surface area contributed by atoms with Crippen LogP contribution in [0.1, 0.15) is 75.8 Å². The van der Waals surface area contributed by atoms with Crippen LogP contribution in [0, 0.1) is 0 Å². The van der Waals surface area contributed by atoms with Crippen LogP contribution in [0.15, 0.2) is 30.3 Å². The average molecular weight is 300 g/mol. The van der Waals surface area contributed by atoms with Crippen LogP contribution < -0.4 is 0 Å². The first kappa shape index (κ1) is 16.8. The Bertz CT molecular complexity index is 491. The van der Waals surface area contributed by atoms with Crippen LogP contribution in [0.2, 0.25) is 0 Å². The van der Waals surface area contributed by atoms with Crippen molar-refractivity contribution in [1.82, 2.24) is 0 Å². The third-order valence-corrected chi connectivity index (χ3v) is 4.56. The number of esters is 1. The molecule has 1 aromatic rings. The number of carbonyl (C=O) groups excluding carboxylic acids is 1. The minimum absolute atomic E-state index is 0.260. The van der Waals surface area contributed by atoms with E-state index < -0.39 is 0 Å². The van der Waals surface area contributed by atoms with Gasteiger partial charge in [-0.25, -0.2) is 4.79 Å². The number of allylic oxidation sites excluding steroid dienone is 1. The molecule has 1 aliphatic carbocycles. The van der Waals surface area contributed by atoms with Gasteiger partial charge in [0.15, 0.2) is 0 Å². The second-order valence-electron chi connectivity index (χ2n) is 6.24. The minimum atomic E-state index is -0.260. The lowest BCUT2D eigenvalue weighted by atomic mass is 9.85. The lowest BCUT2D eigenvalue weighted by molar-refractivity contribution is -0.137. The van der Waals surface area contributed by atoms with E-state index in [1.54, 1.807) is 6.08 Å². The summed E-state index contributed by atoms with van der Waals surface area (Å²) in [6.45, 7) is 4.20. The highest BCUT2D eigenvalue weighted by atomic mass is 16.5. The quantitative estimate of drug-likeness (QED) is 0.543. The van der Waals surface area contributed by atoms with Gasteiger partial charge in [0.05, 0.1) is 6.61 Å². The minimum Gasteiger partial charge on any atom is -0.463 e. The van der Waals surface area contributed by atoms with Crippen molar-refractivity contribution < 1.29 is 9.53 Å². The first-order chi connectivity index (χ1) is 10.7. The highest BCUT2D eigenvalue weighted by molar-refractivity contribution is 5.90. The number of rotatable bonds is 4. The summed E-state index contributed by atoms with van der Waals surface area (Å²) < 4.78 is 4.96. The van der Waals surface area contributed by atoms with Crippen molar-refractivity contribution in [2.45, 2.75) is 64.7 Å². The molecule has 1 saturated carbocycles. The first-order valence-corrected chi connectivity index (χ1v) is 8.66. The molecule has 0 aromatic heterocycles. The molecular formula is C20H28O2. The molecule has 1 fully saturated rings. The number of hydrogen-bond acceptors (Lipinski definition) is 2. The maximum Gasteiger partial charge on any atom is 0.331 e. The van der Waals surface area contributed by atoms with Crippen molar-refractivity contribution in [1.29, 1.82) is 0 Å². The van der Waals surface area contributed by atoms with Crippen LogP contribution in [0.3, 0.4) is 0 Å². The van der Waals surface area contributed by atoms with Gasteiger partial charge in [-0.05, 0) is 49.3 Å². The second-order valence-corrected chi connectivity index (χ2v) is 6.24. The van der Waals surface area contributed by atoms with Crippen molar-refractivity contribution in [3.8, 4) is 0 Å². The smallest absolute Gasteiger partial charge is 0.331 e. The maximum atomic E-state index is 11.5. The molecule has 0 N–H and O–H groups in total. The molecule has 2 nitrogen and oxygen atoms in total. The van der Waals surface area contributed by atoms with Gasteiger partial charge in [-0.1, -0.05) is 56.4 Å². The molecule has 0 amide bonds. The highest BCUT2D eigenvalue weighted by Gasteiger charge is 2.13. The molecule has 0 bridgehead atoms. The topological polar surface area (TPSA) is 26.3 Å². The van der Waals surface area contributed by atoms with E-state index in [0.717, 1.165) is 11.1 Å². The highest BCUT2D eigenvalue weighted by Crippen LogP contribution is 2.31. The van der Waals surface area contributed by atoms with E-state index >= 15 is 0 Å². The third-order valence-electron chi connectivity index (χ3n) is 4.56. The zero-order valence-electron chi connectivity index (χ0n) is 13.9. The summed E-state index contributed by atoms with van der Waals surface area (Å²) in [6.07, 6.45) is 11.1. The van der Waals surface area contributed by atoms with E-state index in [-0.39, 0.29) is 5.97 Å². The Morgan fingerprint density at radius 3 is 2.27 bits per heavy atom. The van der Waals surface area contributed by atoms with Gasteiger partial charge in [0, 0.05) is 6.08 Å². The van der Waals surface area contributed by atoms with E-state index in [1.807, 2.05) is 13.8 Å². The van der Waals surface area contributed by atoms with E-state index in [2.05, 4.69) is 24.3 Å². The van der Waals surface area contributed by atoms with E-state index in [9.17, 15) is 4.79 Å². The Balaban J connectivity index is 2.04. The van der Waals surface area contributed by atoms with Crippen molar-refractivity contribution in [2.75, 3.05) is 6.61 Å². The van der Waals surface area contributed by atoms with Crippen LogP contribution in [0.4, 0.5) is 0 Å². The Hall–Kier alpha value is -1.57.